The van der Waals surface area contributed by atoms with Crippen molar-refractivity contribution in [3.05, 3.63) is 90.0 Å². The number of hydrogen-bond donors (Lipinski definition) is 0. The molecule has 3 aromatic carbocycles. The van der Waals surface area contributed by atoms with Crippen molar-refractivity contribution in [2.24, 2.45) is 5.92 Å². The van der Waals surface area contributed by atoms with E-state index in [0.717, 1.165) is 37.9 Å². The van der Waals surface area contributed by atoms with E-state index in [1.54, 1.807) is 48.5 Å². The van der Waals surface area contributed by atoms with Crippen molar-refractivity contribution in [2.75, 3.05) is 31.0 Å². The highest BCUT2D eigenvalue weighted by atomic mass is 32.2. The second kappa shape index (κ2) is 11.0. The third-order valence-electron chi connectivity index (χ3n) is 6.58. The fourth-order valence-corrected chi connectivity index (χ4v) is 5.53. The molecule has 0 aliphatic carbocycles. The van der Waals surface area contributed by atoms with Crippen LogP contribution in [-0.2, 0) is 21.2 Å². The smallest absolute Gasteiger partial charge is 0.264 e. The Labute approximate surface area is 208 Å². The fourth-order valence-electron chi connectivity index (χ4n) is 4.33. The van der Waals surface area contributed by atoms with Gasteiger partial charge in [0.15, 0.2) is 6.61 Å². The van der Waals surface area contributed by atoms with Crippen LogP contribution in [0.15, 0.2) is 83.8 Å². The van der Waals surface area contributed by atoms with Gasteiger partial charge < -0.3 is 9.64 Å². The topological polar surface area (TPSA) is 66.9 Å². The first-order valence-corrected chi connectivity index (χ1v) is 13.4. The predicted molar refractivity (Wildman–Crippen MR) is 138 cm³/mol. The Hall–Kier alpha value is -3.32. The van der Waals surface area contributed by atoms with Crippen molar-refractivity contribution in [3.63, 3.8) is 0 Å². The Morgan fingerprint density at radius 2 is 1.57 bits per heavy atom. The Bertz CT molecular complexity index is 1220. The molecule has 0 aromatic heterocycles. The first-order chi connectivity index (χ1) is 16.8. The lowest BCUT2D eigenvalue weighted by Gasteiger charge is -2.32. The highest BCUT2D eigenvalue weighted by Crippen LogP contribution is 2.25. The monoisotopic (exact) mass is 492 g/mol. The molecule has 6 nitrogen and oxygen atoms in total. The Kier molecular flexibility index (Phi) is 7.76. The van der Waals surface area contributed by atoms with Gasteiger partial charge in [0.2, 0.25) is 0 Å². The third-order valence-corrected chi connectivity index (χ3v) is 8.38. The summed E-state index contributed by atoms with van der Waals surface area (Å²) in [5, 5.41) is 0. The zero-order valence-corrected chi connectivity index (χ0v) is 21.1. The van der Waals surface area contributed by atoms with Crippen LogP contribution in [0.25, 0.3) is 0 Å². The quantitative estimate of drug-likeness (QED) is 0.458. The Morgan fingerprint density at radius 3 is 2.20 bits per heavy atom. The van der Waals surface area contributed by atoms with Crippen LogP contribution in [0, 0.1) is 12.8 Å². The molecule has 7 heteroatoms. The number of anilines is 1. The molecule has 0 N–H and O–H groups in total. The number of nitrogens with zero attached hydrogens (tertiary/aromatic N) is 2. The van der Waals surface area contributed by atoms with Crippen LogP contribution in [0.3, 0.4) is 0 Å². The number of hydrogen-bond acceptors (Lipinski definition) is 4. The van der Waals surface area contributed by atoms with Gasteiger partial charge in [-0.25, -0.2) is 8.42 Å². The lowest BCUT2D eigenvalue weighted by atomic mass is 9.90. The molecule has 0 saturated carbocycles. The van der Waals surface area contributed by atoms with Crippen molar-refractivity contribution in [1.82, 2.24) is 4.90 Å². The van der Waals surface area contributed by atoms with Gasteiger partial charge in [0.05, 0.1) is 10.6 Å². The lowest BCUT2D eigenvalue weighted by molar-refractivity contribution is -0.134. The largest absolute Gasteiger partial charge is 0.484 e. The van der Waals surface area contributed by atoms with E-state index in [9.17, 15) is 13.2 Å². The summed E-state index contributed by atoms with van der Waals surface area (Å²) in [5.74, 6) is 1.11. The van der Waals surface area contributed by atoms with Gasteiger partial charge in [0, 0.05) is 20.1 Å². The van der Waals surface area contributed by atoms with Crippen LogP contribution in [0.4, 0.5) is 5.69 Å². The van der Waals surface area contributed by atoms with Crippen molar-refractivity contribution in [1.29, 1.82) is 0 Å². The minimum absolute atomic E-state index is 0.0219. The van der Waals surface area contributed by atoms with Gasteiger partial charge in [-0.3, -0.25) is 9.10 Å². The van der Waals surface area contributed by atoms with Crippen molar-refractivity contribution < 1.29 is 17.9 Å². The highest BCUT2D eigenvalue weighted by molar-refractivity contribution is 7.92. The maximum absolute atomic E-state index is 12.9. The Balaban J connectivity index is 1.27. The number of sulfonamides is 1. The average Bonchev–Trinajstić information content (AvgIpc) is 2.88. The number of carbonyl (C=O) groups excluding carboxylic acids is 1. The second-order valence-electron chi connectivity index (χ2n) is 9.08. The average molecular weight is 493 g/mol. The molecule has 3 aromatic rings. The Morgan fingerprint density at radius 1 is 0.943 bits per heavy atom. The lowest BCUT2D eigenvalue weighted by Crippen LogP contribution is -2.41. The molecule has 0 unspecified atom stereocenters. The van der Waals surface area contributed by atoms with Crippen molar-refractivity contribution in [3.8, 4) is 5.75 Å². The van der Waals surface area contributed by atoms with Gasteiger partial charge >= 0.3 is 0 Å². The minimum atomic E-state index is -3.65. The maximum atomic E-state index is 12.9. The molecule has 0 radical (unpaired) electrons. The maximum Gasteiger partial charge on any atom is 0.264 e. The van der Waals surface area contributed by atoms with Gasteiger partial charge in [-0.1, -0.05) is 48.0 Å². The normalized spacial score (nSPS) is 14.5. The zero-order valence-electron chi connectivity index (χ0n) is 20.3. The van der Waals surface area contributed by atoms with E-state index in [1.165, 1.54) is 16.9 Å². The summed E-state index contributed by atoms with van der Waals surface area (Å²) in [6, 6.07) is 24.0. The molecule has 4 rings (SSSR count). The summed E-state index contributed by atoms with van der Waals surface area (Å²) in [7, 11) is -2.13. The van der Waals surface area contributed by atoms with Crippen LogP contribution in [0.2, 0.25) is 0 Å². The third kappa shape index (κ3) is 6.22. The SMILES string of the molecule is Cc1ccc(S(=O)(=O)N(C)c2ccc(OCC(=O)N3CCC(Cc4ccccc4)CC3)cc2)cc1. The van der Waals surface area contributed by atoms with E-state index >= 15 is 0 Å². The molecule has 1 fully saturated rings. The van der Waals surface area contributed by atoms with Gasteiger partial charge in [0.1, 0.15) is 5.75 Å². The van der Waals surface area contributed by atoms with E-state index < -0.39 is 10.0 Å². The molecule has 1 amide bonds. The number of amides is 1. The molecule has 0 bridgehead atoms. The number of benzene rings is 3. The molecule has 1 saturated heterocycles. The van der Waals surface area contributed by atoms with E-state index in [0.29, 0.717) is 17.4 Å². The number of piperidine rings is 1. The molecule has 1 aliphatic heterocycles. The number of aryl methyl sites for hydroxylation is 1. The summed E-state index contributed by atoms with van der Waals surface area (Å²) >= 11 is 0. The second-order valence-corrected chi connectivity index (χ2v) is 11.1. The van der Waals surface area contributed by atoms with E-state index in [2.05, 4.69) is 24.3 Å². The summed E-state index contributed by atoms with van der Waals surface area (Å²) in [6.07, 6.45) is 3.05. The molecule has 0 atom stereocenters. The predicted octanol–water partition coefficient (Wildman–Crippen LogP) is 4.68. The van der Waals surface area contributed by atoms with Gasteiger partial charge in [0.25, 0.3) is 15.9 Å². The summed E-state index contributed by atoms with van der Waals surface area (Å²) in [6.45, 7) is 3.39. The van der Waals surface area contributed by atoms with Crippen LogP contribution in [-0.4, -0.2) is 46.0 Å². The van der Waals surface area contributed by atoms with Crippen LogP contribution >= 0.6 is 0 Å². The van der Waals surface area contributed by atoms with Crippen molar-refractivity contribution >= 4 is 21.6 Å². The van der Waals surface area contributed by atoms with E-state index in [1.807, 2.05) is 17.9 Å². The van der Waals surface area contributed by atoms with Crippen LogP contribution in [0.5, 0.6) is 5.75 Å². The van der Waals surface area contributed by atoms with Gasteiger partial charge in [-0.2, -0.15) is 0 Å². The molecule has 184 valence electrons. The molecular weight excluding hydrogens is 460 g/mol. The molecular formula is C28H32N2O4S. The van der Waals surface area contributed by atoms with Crippen LogP contribution in [0.1, 0.15) is 24.0 Å². The first-order valence-electron chi connectivity index (χ1n) is 11.9. The zero-order chi connectivity index (χ0) is 24.8. The van der Waals surface area contributed by atoms with Gasteiger partial charge in [-0.15, -0.1) is 0 Å². The first kappa shape index (κ1) is 24.8. The summed E-state index contributed by atoms with van der Waals surface area (Å²) in [4.78, 5) is 14.7. The minimum Gasteiger partial charge on any atom is -0.484 e. The van der Waals surface area contributed by atoms with Crippen molar-refractivity contribution in [2.45, 2.75) is 31.1 Å². The van der Waals surface area contributed by atoms with Gasteiger partial charge in [-0.05, 0) is 74.1 Å². The standard InChI is InChI=1S/C28H32N2O4S/c1-22-8-14-27(15-9-22)35(32,33)29(2)25-10-12-26(13-11-25)34-21-28(31)30-18-16-24(17-19-30)20-23-6-4-3-5-7-23/h3-15,24H,16-21H2,1-2H3. The fraction of sp³-hybridized carbons (Fsp3) is 0.321. The summed E-state index contributed by atoms with van der Waals surface area (Å²) < 4.78 is 32.7. The number of ether oxygens (including phenoxy) is 1. The highest BCUT2D eigenvalue weighted by Gasteiger charge is 2.24. The summed E-state index contributed by atoms with van der Waals surface area (Å²) in [5.41, 5.74) is 2.87. The van der Waals surface area contributed by atoms with Crippen LogP contribution < -0.4 is 9.04 Å². The number of carbonyl (C=O) groups is 1. The van der Waals surface area contributed by atoms with E-state index in [-0.39, 0.29) is 17.4 Å². The number of rotatable bonds is 8. The molecule has 0 spiro atoms. The molecule has 35 heavy (non-hydrogen) atoms. The van der Waals surface area contributed by atoms with E-state index in [4.69, 9.17) is 4.74 Å². The molecule has 1 heterocycles. The number of likely N-dealkylation sites (tertiary alicyclic amines) is 1. The molecule has 1 aliphatic rings.